The molecule has 1 fully saturated rings. The van der Waals surface area contributed by atoms with E-state index in [2.05, 4.69) is 47.4 Å². The van der Waals surface area contributed by atoms with Crippen molar-refractivity contribution >= 4 is 29.9 Å². The Balaban J connectivity index is 0.00000264. The zero-order valence-electron chi connectivity index (χ0n) is 15.3. The molecule has 23 heavy (non-hydrogen) atoms. The van der Waals surface area contributed by atoms with Crippen molar-refractivity contribution in [2.45, 2.75) is 65.0 Å². The maximum Gasteiger partial charge on any atom is 0.191 e. The van der Waals surface area contributed by atoms with Crippen LogP contribution in [0.3, 0.4) is 0 Å². The minimum Gasteiger partial charge on any atom is -0.356 e. The lowest BCUT2D eigenvalue weighted by Gasteiger charge is -2.22. The lowest BCUT2D eigenvalue weighted by Crippen LogP contribution is -2.47. The van der Waals surface area contributed by atoms with Gasteiger partial charge in [-0.15, -0.1) is 24.0 Å². The van der Waals surface area contributed by atoms with E-state index in [0.717, 1.165) is 25.5 Å². The quantitative estimate of drug-likeness (QED) is 0.302. The molecule has 134 valence electrons. The van der Waals surface area contributed by atoms with Crippen molar-refractivity contribution in [1.29, 1.82) is 0 Å². The largest absolute Gasteiger partial charge is 0.356 e. The van der Waals surface area contributed by atoms with Crippen LogP contribution in [0.2, 0.25) is 0 Å². The second-order valence-corrected chi connectivity index (χ2v) is 7.13. The molecule has 4 nitrogen and oxygen atoms in total. The maximum absolute atomic E-state index is 4.39. The monoisotopic (exact) mass is 434 g/mol. The highest BCUT2D eigenvalue weighted by molar-refractivity contribution is 14.0. The Morgan fingerprint density at radius 3 is 2.70 bits per heavy atom. The summed E-state index contributed by atoms with van der Waals surface area (Å²) in [6.07, 6.45) is 8.87. The zero-order valence-corrected chi connectivity index (χ0v) is 17.6. The molecule has 1 heterocycles. The van der Waals surface area contributed by atoms with Crippen LogP contribution in [0.4, 0.5) is 0 Å². The van der Waals surface area contributed by atoms with Crippen LogP contribution in [0, 0.1) is 5.92 Å². The lowest BCUT2D eigenvalue weighted by atomic mass is 9.97. The van der Waals surface area contributed by atoms with Crippen molar-refractivity contribution < 1.29 is 0 Å². The van der Waals surface area contributed by atoms with Crippen molar-refractivity contribution in [3.63, 3.8) is 0 Å². The van der Waals surface area contributed by atoms with Crippen LogP contribution in [-0.2, 0) is 0 Å². The Morgan fingerprint density at radius 1 is 1.35 bits per heavy atom. The van der Waals surface area contributed by atoms with Gasteiger partial charge in [-0.3, -0.25) is 9.89 Å². The van der Waals surface area contributed by atoms with E-state index < -0.39 is 0 Å². The van der Waals surface area contributed by atoms with Gasteiger partial charge < -0.3 is 10.6 Å². The van der Waals surface area contributed by atoms with Gasteiger partial charge in [0.1, 0.15) is 0 Å². The number of hydrogen-bond acceptors (Lipinski definition) is 2. The van der Waals surface area contributed by atoms with Crippen LogP contribution in [0.1, 0.15) is 52.9 Å². The number of hydrogen-bond donors (Lipinski definition) is 2. The fourth-order valence-electron chi connectivity index (χ4n) is 3.46. The molecule has 1 aliphatic carbocycles. The van der Waals surface area contributed by atoms with Crippen LogP contribution in [0.25, 0.3) is 0 Å². The summed E-state index contributed by atoms with van der Waals surface area (Å²) in [5, 5.41) is 7.10. The molecule has 0 aromatic rings. The summed E-state index contributed by atoms with van der Waals surface area (Å²) in [5.41, 5.74) is 1.62. The molecule has 2 unspecified atom stereocenters. The zero-order chi connectivity index (χ0) is 15.9. The van der Waals surface area contributed by atoms with Crippen LogP contribution in [0.15, 0.2) is 16.6 Å². The fraction of sp³-hybridized carbons (Fsp3) is 0.833. The molecule has 2 aliphatic rings. The highest BCUT2D eigenvalue weighted by atomic mass is 127. The van der Waals surface area contributed by atoms with Gasteiger partial charge >= 0.3 is 0 Å². The number of halogens is 1. The van der Waals surface area contributed by atoms with Gasteiger partial charge in [0.25, 0.3) is 0 Å². The van der Waals surface area contributed by atoms with Crippen LogP contribution in [0.5, 0.6) is 0 Å². The van der Waals surface area contributed by atoms with Gasteiger partial charge in [0.05, 0.1) is 0 Å². The molecular formula is C18H35IN4. The molecule has 0 aromatic carbocycles. The Morgan fingerprint density at radius 2 is 2.13 bits per heavy atom. The number of rotatable bonds is 5. The van der Waals surface area contributed by atoms with Gasteiger partial charge in [-0.25, -0.2) is 0 Å². The summed E-state index contributed by atoms with van der Waals surface area (Å²) in [4.78, 5) is 6.94. The van der Waals surface area contributed by atoms with E-state index in [1.165, 1.54) is 32.2 Å². The highest BCUT2D eigenvalue weighted by Gasteiger charge is 2.31. The normalized spacial score (nSPS) is 26.0. The molecule has 0 radical (unpaired) electrons. The minimum absolute atomic E-state index is 0. The van der Waals surface area contributed by atoms with Gasteiger partial charge in [-0.2, -0.15) is 0 Å². The van der Waals surface area contributed by atoms with E-state index in [1.54, 1.807) is 5.57 Å². The molecule has 5 heteroatoms. The number of guanidine groups is 1. The van der Waals surface area contributed by atoms with E-state index in [4.69, 9.17) is 0 Å². The van der Waals surface area contributed by atoms with Gasteiger partial charge in [0.15, 0.2) is 5.96 Å². The first-order valence-electron chi connectivity index (χ1n) is 8.99. The van der Waals surface area contributed by atoms with Crippen molar-refractivity contribution in [3.05, 3.63) is 11.6 Å². The molecular weight excluding hydrogens is 399 g/mol. The molecule has 2 rings (SSSR count). The van der Waals surface area contributed by atoms with Gasteiger partial charge in [-0.1, -0.05) is 18.6 Å². The van der Waals surface area contributed by atoms with Gasteiger partial charge in [-0.05, 0) is 51.9 Å². The van der Waals surface area contributed by atoms with Gasteiger partial charge in [0.2, 0.25) is 0 Å². The standard InChI is InChI=1S/C18H34N4.HI/c1-14(2)22-12-15(3)17(13-22)21-18(19-4)20-11-10-16-8-6-5-7-9-16;/h8,14-15,17H,5-7,9-13H2,1-4H3,(H2,19,20,21);1H. The third-order valence-electron chi connectivity index (χ3n) is 5.04. The van der Waals surface area contributed by atoms with Crippen LogP contribution < -0.4 is 10.6 Å². The summed E-state index contributed by atoms with van der Waals surface area (Å²) < 4.78 is 0. The fourth-order valence-corrected chi connectivity index (χ4v) is 3.46. The van der Waals surface area contributed by atoms with Crippen LogP contribution >= 0.6 is 24.0 Å². The molecule has 0 bridgehead atoms. The predicted octanol–water partition coefficient (Wildman–Crippen LogP) is 3.39. The second kappa shape index (κ2) is 10.5. The molecule has 2 N–H and O–H groups in total. The topological polar surface area (TPSA) is 39.7 Å². The van der Waals surface area contributed by atoms with Crippen molar-refractivity contribution in [2.75, 3.05) is 26.7 Å². The molecule has 0 saturated carbocycles. The van der Waals surface area contributed by atoms with E-state index in [9.17, 15) is 0 Å². The van der Waals surface area contributed by atoms with Crippen LogP contribution in [-0.4, -0.2) is 49.6 Å². The molecule has 1 aliphatic heterocycles. The Bertz CT molecular complexity index is 406. The van der Waals surface area contributed by atoms with E-state index in [-0.39, 0.29) is 24.0 Å². The molecule has 0 spiro atoms. The molecule has 2 atom stereocenters. The second-order valence-electron chi connectivity index (χ2n) is 7.13. The number of likely N-dealkylation sites (tertiary alicyclic amines) is 1. The number of aliphatic imine (C=N–C) groups is 1. The Hall–Kier alpha value is -0.300. The SMILES string of the molecule is CN=C(NCCC1=CCCCC1)NC1CN(C(C)C)CC1C.I. The highest BCUT2D eigenvalue weighted by Crippen LogP contribution is 2.20. The summed E-state index contributed by atoms with van der Waals surface area (Å²) >= 11 is 0. The first kappa shape index (κ1) is 20.7. The smallest absolute Gasteiger partial charge is 0.191 e. The minimum atomic E-state index is 0. The number of nitrogens with zero attached hydrogens (tertiary/aromatic N) is 2. The molecule has 0 aromatic heterocycles. The molecule has 0 amide bonds. The third kappa shape index (κ3) is 6.61. The van der Waals surface area contributed by atoms with E-state index >= 15 is 0 Å². The first-order valence-corrected chi connectivity index (χ1v) is 8.99. The van der Waals surface area contributed by atoms with Gasteiger partial charge in [0, 0.05) is 38.8 Å². The van der Waals surface area contributed by atoms with E-state index in [1.807, 2.05) is 7.05 Å². The molecule has 1 saturated heterocycles. The van der Waals surface area contributed by atoms with Crippen molar-refractivity contribution in [2.24, 2.45) is 10.9 Å². The number of allylic oxidation sites excluding steroid dienone is 1. The third-order valence-corrected chi connectivity index (χ3v) is 5.04. The van der Waals surface area contributed by atoms with E-state index in [0.29, 0.717) is 18.0 Å². The Kier molecular flexibility index (Phi) is 9.51. The van der Waals surface area contributed by atoms with Crippen molar-refractivity contribution in [3.8, 4) is 0 Å². The number of nitrogens with one attached hydrogen (secondary N) is 2. The summed E-state index contributed by atoms with van der Waals surface area (Å²) in [5.74, 6) is 1.63. The summed E-state index contributed by atoms with van der Waals surface area (Å²) in [6.45, 7) is 10.2. The Labute approximate surface area is 159 Å². The average Bonchev–Trinajstić information content (AvgIpc) is 2.88. The average molecular weight is 434 g/mol. The van der Waals surface area contributed by atoms with Crippen molar-refractivity contribution in [1.82, 2.24) is 15.5 Å². The maximum atomic E-state index is 4.39. The first-order chi connectivity index (χ1) is 10.6. The predicted molar refractivity (Wildman–Crippen MR) is 111 cm³/mol. The summed E-state index contributed by atoms with van der Waals surface area (Å²) in [7, 11) is 1.87. The lowest BCUT2D eigenvalue weighted by molar-refractivity contribution is 0.265. The summed E-state index contributed by atoms with van der Waals surface area (Å²) in [6, 6.07) is 1.13.